The first-order chi connectivity index (χ1) is 12.1. The maximum absolute atomic E-state index is 13.7. The number of carbonyl (C=O) groups is 1. The van der Waals surface area contributed by atoms with E-state index >= 15 is 0 Å². The van der Waals surface area contributed by atoms with Crippen molar-refractivity contribution in [2.45, 2.75) is 19.4 Å². The number of hydrogen-bond acceptors (Lipinski definition) is 4. The van der Waals surface area contributed by atoms with Crippen LogP contribution < -0.4 is 5.32 Å². The first-order valence-corrected chi connectivity index (χ1v) is 7.67. The number of aryl methyl sites for hydroxylation is 1. The first-order valence-electron chi connectivity index (χ1n) is 7.67. The molecule has 0 aliphatic rings. The molecule has 25 heavy (non-hydrogen) atoms. The molecule has 0 aliphatic carbocycles. The van der Waals surface area contributed by atoms with Crippen molar-refractivity contribution in [1.29, 1.82) is 0 Å². The molecule has 5 nitrogen and oxygen atoms in total. The van der Waals surface area contributed by atoms with Crippen LogP contribution in [0.4, 0.5) is 8.78 Å². The zero-order chi connectivity index (χ0) is 17.6. The molecule has 3 aromatic rings. The second kappa shape index (κ2) is 7.65. The molecule has 3 rings (SSSR count). The van der Waals surface area contributed by atoms with Crippen molar-refractivity contribution < 1.29 is 18.0 Å². The average Bonchev–Trinajstić information content (AvgIpc) is 3.08. The average molecular weight is 343 g/mol. The highest BCUT2D eigenvalue weighted by atomic mass is 19.1. The van der Waals surface area contributed by atoms with Gasteiger partial charge in [0.2, 0.25) is 5.91 Å². The molecule has 2 aromatic heterocycles. The van der Waals surface area contributed by atoms with E-state index in [0.717, 1.165) is 17.7 Å². The third-order valence-corrected chi connectivity index (χ3v) is 3.56. The molecule has 0 spiro atoms. The molecule has 0 aliphatic heterocycles. The lowest BCUT2D eigenvalue weighted by Gasteiger charge is -2.04. The molecular formula is C18H15F2N3O2. The quantitative estimate of drug-likeness (QED) is 0.746. The number of rotatable bonds is 6. The third-order valence-electron chi connectivity index (χ3n) is 3.56. The number of benzene rings is 1. The van der Waals surface area contributed by atoms with E-state index < -0.39 is 11.6 Å². The van der Waals surface area contributed by atoms with E-state index in [2.05, 4.69) is 15.3 Å². The van der Waals surface area contributed by atoms with Crippen LogP contribution in [0.25, 0.3) is 11.3 Å². The second-order valence-corrected chi connectivity index (χ2v) is 5.37. The Bertz CT molecular complexity index is 866. The molecule has 1 N–H and O–H groups in total. The minimum absolute atomic E-state index is 0.127. The zero-order valence-corrected chi connectivity index (χ0v) is 13.2. The Morgan fingerprint density at radius 1 is 1.16 bits per heavy atom. The van der Waals surface area contributed by atoms with Crippen molar-refractivity contribution in [3.05, 3.63) is 72.0 Å². The van der Waals surface area contributed by atoms with Crippen LogP contribution in [0.2, 0.25) is 0 Å². The van der Waals surface area contributed by atoms with Gasteiger partial charge in [-0.25, -0.2) is 13.8 Å². The highest BCUT2D eigenvalue weighted by molar-refractivity contribution is 5.76. The summed E-state index contributed by atoms with van der Waals surface area (Å²) in [4.78, 5) is 19.8. The van der Waals surface area contributed by atoms with Gasteiger partial charge in [0.15, 0.2) is 11.7 Å². The molecule has 0 saturated heterocycles. The van der Waals surface area contributed by atoms with E-state index in [-0.39, 0.29) is 30.1 Å². The van der Waals surface area contributed by atoms with Gasteiger partial charge < -0.3 is 9.73 Å². The summed E-state index contributed by atoms with van der Waals surface area (Å²) in [5, 5.41) is 2.79. The summed E-state index contributed by atoms with van der Waals surface area (Å²) in [6.07, 6.45) is 5.15. The predicted molar refractivity (Wildman–Crippen MR) is 86.3 cm³/mol. The standard InChI is InChI=1S/C18H15F2N3O2/c19-13-1-2-14(15(20)9-13)16-11-23-18(25-16)4-3-17(24)22-10-12-5-7-21-8-6-12/h1-2,5-9,11H,3-4,10H2,(H,22,24). The van der Waals surface area contributed by atoms with E-state index in [1.165, 1.54) is 12.3 Å². The van der Waals surface area contributed by atoms with Crippen LogP contribution in [0.3, 0.4) is 0 Å². The molecule has 1 amide bonds. The molecule has 0 fully saturated rings. The van der Waals surface area contributed by atoms with Crippen molar-refractivity contribution in [3.8, 4) is 11.3 Å². The van der Waals surface area contributed by atoms with E-state index in [1.54, 1.807) is 12.4 Å². The van der Waals surface area contributed by atoms with Crippen molar-refractivity contribution in [1.82, 2.24) is 15.3 Å². The van der Waals surface area contributed by atoms with Crippen LogP contribution in [0.5, 0.6) is 0 Å². The van der Waals surface area contributed by atoms with E-state index in [0.29, 0.717) is 12.4 Å². The Hall–Kier alpha value is -3.09. The SMILES string of the molecule is O=C(CCc1ncc(-c2ccc(F)cc2F)o1)NCc1ccncc1. The summed E-state index contributed by atoms with van der Waals surface area (Å²) in [6, 6.07) is 6.85. The van der Waals surface area contributed by atoms with Gasteiger partial charge in [-0.3, -0.25) is 9.78 Å². The van der Waals surface area contributed by atoms with Crippen molar-refractivity contribution in [3.63, 3.8) is 0 Å². The summed E-state index contributed by atoms with van der Waals surface area (Å²) in [6.45, 7) is 0.416. The summed E-state index contributed by atoms with van der Waals surface area (Å²) in [5.74, 6) is -1.02. The number of carbonyl (C=O) groups excluding carboxylic acids is 1. The molecule has 0 radical (unpaired) electrons. The molecule has 0 bridgehead atoms. The number of hydrogen-bond donors (Lipinski definition) is 1. The fourth-order valence-electron chi connectivity index (χ4n) is 2.25. The van der Waals surface area contributed by atoms with E-state index in [4.69, 9.17) is 4.42 Å². The number of nitrogens with zero attached hydrogens (tertiary/aromatic N) is 2. The van der Waals surface area contributed by atoms with E-state index in [9.17, 15) is 13.6 Å². The maximum Gasteiger partial charge on any atom is 0.220 e. The Morgan fingerprint density at radius 2 is 1.96 bits per heavy atom. The molecule has 0 saturated carbocycles. The van der Waals surface area contributed by atoms with Crippen LogP contribution in [0, 0.1) is 11.6 Å². The van der Waals surface area contributed by atoms with Gasteiger partial charge >= 0.3 is 0 Å². The highest BCUT2D eigenvalue weighted by Gasteiger charge is 2.13. The Labute approximate surface area is 142 Å². The Balaban J connectivity index is 1.54. The lowest BCUT2D eigenvalue weighted by molar-refractivity contribution is -0.121. The number of nitrogens with one attached hydrogen (secondary N) is 1. The molecule has 0 unspecified atom stereocenters. The Kier molecular flexibility index (Phi) is 5.13. The molecular weight excluding hydrogens is 328 g/mol. The minimum atomic E-state index is -0.724. The molecule has 128 valence electrons. The van der Waals surface area contributed by atoms with Crippen molar-refractivity contribution >= 4 is 5.91 Å². The van der Waals surface area contributed by atoms with Crippen LogP contribution in [-0.2, 0) is 17.8 Å². The monoisotopic (exact) mass is 343 g/mol. The summed E-state index contributed by atoms with van der Waals surface area (Å²) < 4.78 is 32.1. The first kappa shape index (κ1) is 16.8. The largest absolute Gasteiger partial charge is 0.441 e. The number of halogens is 2. The zero-order valence-electron chi connectivity index (χ0n) is 13.2. The summed E-state index contributed by atoms with van der Waals surface area (Å²) in [7, 11) is 0. The van der Waals surface area contributed by atoms with Crippen LogP contribution in [-0.4, -0.2) is 15.9 Å². The summed E-state index contributed by atoms with van der Waals surface area (Å²) >= 11 is 0. The van der Waals surface area contributed by atoms with Gasteiger partial charge in [-0.1, -0.05) is 0 Å². The fraction of sp³-hybridized carbons (Fsp3) is 0.167. The number of aromatic nitrogens is 2. The number of pyridine rings is 1. The van der Waals surface area contributed by atoms with Gasteiger partial charge in [0.1, 0.15) is 11.6 Å². The van der Waals surface area contributed by atoms with Gasteiger partial charge in [-0.15, -0.1) is 0 Å². The van der Waals surface area contributed by atoms with Gasteiger partial charge in [0, 0.05) is 37.8 Å². The third kappa shape index (κ3) is 4.47. The maximum atomic E-state index is 13.7. The predicted octanol–water partition coefficient (Wildman–Crippen LogP) is 3.26. The molecule has 7 heteroatoms. The lowest BCUT2D eigenvalue weighted by Crippen LogP contribution is -2.23. The smallest absolute Gasteiger partial charge is 0.220 e. The van der Waals surface area contributed by atoms with Crippen LogP contribution in [0.15, 0.2) is 53.3 Å². The topological polar surface area (TPSA) is 68.0 Å². The van der Waals surface area contributed by atoms with Crippen LogP contribution in [0.1, 0.15) is 17.9 Å². The minimum Gasteiger partial charge on any atom is -0.441 e. The molecule has 2 heterocycles. The number of oxazole rings is 1. The Morgan fingerprint density at radius 3 is 2.72 bits per heavy atom. The molecule has 1 aromatic carbocycles. The van der Waals surface area contributed by atoms with E-state index in [1.807, 2.05) is 12.1 Å². The van der Waals surface area contributed by atoms with Gasteiger partial charge in [0.05, 0.1) is 11.8 Å². The van der Waals surface area contributed by atoms with Gasteiger partial charge in [-0.05, 0) is 29.8 Å². The summed E-state index contributed by atoms with van der Waals surface area (Å²) in [5.41, 5.74) is 1.08. The lowest BCUT2D eigenvalue weighted by atomic mass is 10.2. The fourth-order valence-corrected chi connectivity index (χ4v) is 2.25. The van der Waals surface area contributed by atoms with Crippen molar-refractivity contribution in [2.75, 3.05) is 0 Å². The van der Waals surface area contributed by atoms with Gasteiger partial charge in [-0.2, -0.15) is 0 Å². The van der Waals surface area contributed by atoms with Crippen molar-refractivity contribution in [2.24, 2.45) is 0 Å². The van der Waals surface area contributed by atoms with Crippen LogP contribution >= 0.6 is 0 Å². The number of amides is 1. The van der Waals surface area contributed by atoms with Gasteiger partial charge in [0.25, 0.3) is 0 Å². The second-order valence-electron chi connectivity index (χ2n) is 5.37. The molecule has 0 atom stereocenters. The highest BCUT2D eigenvalue weighted by Crippen LogP contribution is 2.24. The normalized spacial score (nSPS) is 10.6.